The Bertz CT molecular complexity index is 539. The van der Waals surface area contributed by atoms with Crippen molar-refractivity contribution in [1.29, 1.82) is 0 Å². The molecule has 2 fully saturated rings. The number of sulfone groups is 1. The summed E-state index contributed by atoms with van der Waals surface area (Å²) in [5.74, 6) is -2.98. The van der Waals surface area contributed by atoms with Gasteiger partial charge in [-0.05, 0) is 20.3 Å². The molecule has 0 spiro atoms. The maximum Gasteiger partial charge on any atom is 0.328 e. The molecule has 2 rings (SSSR count). The molecule has 1 amide bonds. The van der Waals surface area contributed by atoms with E-state index in [9.17, 15) is 28.2 Å². The van der Waals surface area contributed by atoms with E-state index in [0.29, 0.717) is 0 Å². The van der Waals surface area contributed by atoms with Gasteiger partial charge in [-0.25, -0.2) is 13.2 Å². The molecule has 0 aromatic carbocycles. The molecule has 0 radical (unpaired) electrons. The van der Waals surface area contributed by atoms with Crippen LogP contribution in [0.4, 0.5) is 0 Å². The van der Waals surface area contributed by atoms with Crippen molar-refractivity contribution in [3.63, 3.8) is 0 Å². The molecular weight excluding hydrogens is 274 g/mol. The van der Waals surface area contributed by atoms with Crippen molar-refractivity contribution in [2.75, 3.05) is 0 Å². The molecule has 0 aliphatic carbocycles. The van der Waals surface area contributed by atoms with Crippen LogP contribution in [0.25, 0.3) is 0 Å². The highest BCUT2D eigenvalue weighted by molar-refractivity contribution is 7.93. The van der Waals surface area contributed by atoms with Gasteiger partial charge in [-0.1, -0.05) is 6.92 Å². The van der Waals surface area contributed by atoms with Crippen LogP contribution >= 0.6 is 0 Å². The lowest BCUT2D eigenvalue weighted by molar-refractivity contribution is -0.169. The third-order valence-corrected chi connectivity index (χ3v) is 7.02. The van der Waals surface area contributed by atoms with Crippen LogP contribution in [0, 0.1) is 5.92 Å². The summed E-state index contributed by atoms with van der Waals surface area (Å²) in [5.41, 5.74) is 0. The monoisotopic (exact) mass is 291 g/mol. The average molecular weight is 291 g/mol. The van der Waals surface area contributed by atoms with E-state index in [1.54, 1.807) is 6.92 Å². The van der Waals surface area contributed by atoms with Gasteiger partial charge in [-0.15, -0.1) is 0 Å². The normalized spacial score (nSPS) is 36.5. The molecule has 0 aromatic heterocycles. The number of β-lactam (4-membered cyclic amide) rings is 1. The van der Waals surface area contributed by atoms with Gasteiger partial charge in [0.05, 0.1) is 16.8 Å². The van der Waals surface area contributed by atoms with E-state index in [4.69, 9.17) is 0 Å². The van der Waals surface area contributed by atoms with Crippen LogP contribution in [0.1, 0.15) is 27.2 Å². The van der Waals surface area contributed by atoms with E-state index < -0.39 is 49.9 Å². The Kier molecular flexibility index (Phi) is 2.94. The van der Waals surface area contributed by atoms with Crippen molar-refractivity contribution in [1.82, 2.24) is 4.90 Å². The van der Waals surface area contributed by atoms with Gasteiger partial charge in [-0.3, -0.25) is 4.79 Å². The number of aliphatic carboxylic acids is 1. The molecule has 2 aliphatic rings. The Morgan fingerprint density at radius 2 is 2.00 bits per heavy atom. The van der Waals surface area contributed by atoms with Crippen molar-refractivity contribution < 1.29 is 28.2 Å². The summed E-state index contributed by atoms with van der Waals surface area (Å²) in [6.45, 7) is 4.26. The minimum absolute atomic E-state index is 0.244. The zero-order valence-corrected chi connectivity index (χ0v) is 11.7. The lowest BCUT2D eigenvalue weighted by atomic mass is 9.87. The lowest BCUT2D eigenvalue weighted by Crippen LogP contribution is -2.66. The first-order valence-electron chi connectivity index (χ1n) is 6.05. The molecule has 8 heteroatoms. The van der Waals surface area contributed by atoms with Gasteiger partial charge in [0.1, 0.15) is 11.4 Å². The second-order valence-electron chi connectivity index (χ2n) is 5.53. The SMILES string of the molecule is CC[C@H](O)[C@@H]1C(=O)N2[C@@H](C(=O)O)C(C)(C)S(=O)(=O)[C@H]12. The fourth-order valence-corrected chi connectivity index (χ4v) is 5.31. The molecule has 0 bridgehead atoms. The summed E-state index contributed by atoms with van der Waals surface area (Å²) in [4.78, 5) is 24.1. The van der Waals surface area contributed by atoms with Gasteiger partial charge in [0.15, 0.2) is 9.84 Å². The van der Waals surface area contributed by atoms with Gasteiger partial charge < -0.3 is 15.1 Å². The highest BCUT2D eigenvalue weighted by atomic mass is 32.2. The number of aliphatic hydroxyl groups is 1. The van der Waals surface area contributed by atoms with Crippen LogP contribution < -0.4 is 0 Å². The van der Waals surface area contributed by atoms with E-state index >= 15 is 0 Å². The fourth-order valence-electron chi connectivity index (χ4n) is 2.95. The maximum absolute atomic E-state index is 12.4. The minimum Gasteiger partial charge on any atom is -0.480 e. The number of rotatable bonds is 3. The van der Waals surface area contributed by atoms with Gasteiger partial charge in [0.2, 0.25) is 5.91 Å². The van der Waals surface area contributed by atoms with E-state index in [2.05, 4.69) is 0 Å². The molecule has 0 aromatic rings. The predicted molar refractivity (Wildman–Crippen MR) is 64.8 cm³/mol. The van der Waals surface area contributed by atoms with Gasteiger partial charge in [-0.2, -0.15) is 0 Å². The smallest absolute Gasteiger partial charge is 0.328 e. The third-order valence-electron chi connectivity index (χ3n) is 4.18. The Balaban J connectivity index is 2.51. The average Bonchev–Trinajstić information content (AvgIpc) is 2.43. The van der Waals surface area contributed by atoms with Crippen LogP contribution in [0.3, 0.4) is 0 Å². The zero-order chi connectivity index (χ0) is 14.7. The lowest BCUT2D eigenvalue weighted by Gasteiger charge is -2.44. The maximum atomic E-state index is 12.4. The Hall–Kier alpha value is -1.15. The first-order chi connectivity index (χ1) is 8.59. The number of amides is 1. The van der Waals surface area contributed by atoms with E-state index in [1.807, 2.05) is 0 Å². The molecule has 0 unspecified atom stereocenters. The third kappa shape index (κ3) is 1.50. The second kappa shape index (κ2) is 3.92. The summed E-state index contributed by atoms with van der Waals surface area (Å²) in [6, 6.07) is -1.39. The minimum atomic E-state index is -3.83. The molecular formula is C11H17NO6S. The molecule has 108 valence electrons. The quantitative estimate of drug-likeness (QED) is 0.658. The number of hydrogen-bond acceptors (Lipinski definition) is 5. The van der Waals surface area contributed by atoms with E-state index in [1.165, 1.54) is 13.8 Å². The number of carboxylic acid groups (broad SMARTS) is 1. The summed E-state index contributed by atoms with van der Waals surface area (Å²) < 4.78 is 23.2. The van der Waals surface area contributed by atoms with E-state index in [0.717, 1.165) is 4.90 Å². The van der Waals surface area contributed by atoms with Crippen LogP contribution in [0.15, 0.2) is 0 Å². The Morgan fingerprint density at radius 3 is 2.42 bits per heavy atom. The molecule has 2 N–H and O–H groups in total. The van der Waals surface area contributed by atoms with Gasteiger partial charge >= 0.3 is 5.97 Å². The number of carbonyl (C=O) groups excluding carboxylic acids is 1. The fraction of sp³-hybridized carbons (Fsp3) is 0.818. The largest absolute Gasteiger partial charge is 0.480 e. The molecule has 2 heterocycles. The van der Waals surface area contributed by atoms with Crippen LogP contribution in [-0.4, -0.2) is 57.7 Å². The van der Waals surface area contributed by atoms with Crippen molar-refractivity contribution in [2.45, 2.75) is 49.5 Å². The highest BCUT2D eigenvalue weighted by Crippen LogP contribution is 2.49. The van der Waals surface area contributed by atoms with Gasteiger partial charge in [0, 0.05) is 0 Å². The number of fused-ring (bicyclic) bond motifs is 1. The number of nitrogens with zero attached hydrogens (tertiary/aromatic N) is 1. The molecule has 19 heavy (non-hydrogen) atoms. The molecule has 0 saturated carbocycles. The van der Waals surface area contributed by atoms with Crippen molar-refractivity contribution >= 4 is 21.7 Å². The summed E-state index contributed by atoms with van der Waals surface area (Å²) in [7, 11) is -3.83. The first kappa shape index (κ1) is 14.3. The summed E-state index contributed by atoms with van der Waals surface area (Å²) in [5, 5.41) is 17.7. The first-order valence-corrected chi connectivity index (χ1v) is 7.60. The molecule has 4 atom stereocenters. The van der Waals surface area contributed by atoms with Gasteiger partial charge in [0.25, 0.3) is 0 Å². The standard InChI is InChI=1S/C11H17NO6S/c1-4-5(13)6-8(14)12-7(10(15)16)11(2,3)19(17,18)9(6)12/h5-7,9,13H,4H2,1-3H3,(H,15,16)/t5-,6+,7-,9+/m0/s1. The Labute approximate surface area is 111 Å². The zero-order valence-electron chi connectivity index (χ0n) is 10.9. The van der Waals surface area contributed by atoms with Crippen LogP contribution in [0.5, 0.6) is 0 Å². The molecule has 2 saturated heterocycles. The van der Waals surface area contributed by atoms with Crippen molar-refractivity contribution in [3.8, 4) is 0 Å². The number of aliphatic hydroxyl groups excluding tert-OH is 1. The summed E-state index contributed by atoms with van der Waals surface area (Å²) in [6.07, 6.45) is -0.819. The highest BCUT2D eigenvalue weighted by Gasteiger charge is 2.72. The van der Waals surface area contributed by atoms with E-state index in [-0.39, 0.29) is 6.42 Å². The van der Waals surface area contributed by atoms with Crippen molar-refractivity contribution in [2.24, 2.45) is 5.92 Å². The molecule has 2 aliphatic heterocycles. The molecule has 7 nitrogen and oxygen atoms in total. The Morgan fingerprint density at radius 1 is 1.47 bits per heavy atom. The topological polar surface area (TPSA) is 112 Å². The van der Waals surface area contributed by atoms with Crippen LogP contribution in [-0.2, 0) is 19.4 Å². The predicted octanol–water partition coefficient (Wildman–Crippen LogP) is -0.798. The number of carboxylic acids is 1. The number of carbonyl (C=O) groups is 2. The summed E-state index contributed by atoms with van der Waals surface area (Å²) >= 11 is 0. The second-order valence-corrected chi connectivity index (χ2v) is 8.15. The van der Waals surface area contributed by atoms with Crippen LogP contribution in [0.2, 0.25) is 0 Å². The number of hydrogen-bond donors (Lipinski definition) is 2. The van der Waals surface area contributed by atoms with Crippen molar-refractivity contribution in [3.05, 3.63) is 0 Å².